The van der Waals surface area contributed by atoms with E-state index in [9.17, 15) is 17.9 Å². The molecule has 1 fully saturated rings. The maximum absolute atomic E-state index is 13.3. The van der Waals surface area contributed by atoms with Crippen LogP contribution < -0.4 is 9.88 Å². The molecule has 1 aliphatic heterocycles. The summed E-state index contributed by atoms with van der Waals surface area (Å²) in [6.45, 7) is 2.20. The van der Waals surface area contributed by atoms with Crippen molar-refractivity contribution in [3.8, 4) is 17.1 Å². The Morgan fingerprint density at radius 3 is 2.53 bits per heavy atom. The van der Waals surface area contributed by atoms with E-state index in [4.69, 9.17) is 14.3 Å². The minimum absolute atomic E-state index is 0.00764. The number of hydrogen-bond donors (Lipinski definition) is 2. The maximum atomic E-state index is 13.3. The lowest BCUT2D eigenvalue weighted by atomic mass is 9.96. The van der Waals surface area contributed by atoms with Gasteiger partial charge in [-0.1, -0.05) is 6.07 Å². The Kier molecular flexibility index (Phi) is 7.32. The van der Waals surface area contributed by atoms with Crippen LogP contribution in [0.5, 0.6) is 5.75 Å². The van der Waals surface area contributed by atoms with Crippen LogP contribution in [0.2, 0.25) is 0 Å². The second-order valence-electron chi connectivity index (χ2n) is 8.39. The zero-order valence-corrected chi connectivity index (χ0v) is 19.7. The first-order valence-corrected chi connectivity index (χ1v) is 12.6. The number of nitrogens with two attached hydrogens (primary N) is 1. The molecule has 8 nitrogen and oxygen atoms in total. The Bertz CT molecular complexity index is 1240. The second kappa shape index (κ2) is 10.2. The number of ether oxygens (including phenoxy) is 1. The Balaban J connectivity index is 1.37. The van der Waals surface area contributed by atoms with Crippen molar-refractivity contribution in [3.63, 3.8) is 0 Å². The van der Waals surface area contributed by atoms with Crippen LogP contribution in [0.15, 0.2) is 51.8 Å². The third-order valence-corrected chi connectivity index (χ3v) is 7.09. The van der Waals surface area contributed by atoms with Crippen LogP contribution in [-0.4, -0.2) is 50.2 Å². The van der Waals surface area contributed by atoms with E-state index >= 15 is 0 Å². The van der Waals surface area contributed by atoms with Crippen LogP contribution in [0.1, 0.15) is 35.9 Å². The van der Waals surface area contributed by atoms with E-state index in [1.807, 2.05) is 6.07 Å². The third-order valence-electron chi connectivity index (χ3n) is 6.16. The largest absolute Gasteiger partial charge is 0.495 e. The average molecular weight is 490 g/mol. The molecule has 0 saturated carbocycles. The highest BCUT2D eigenvalue weighted by Gasteiger charge is 2.26. The average Bonchev–Trinajstić information content (AvgIpc) is 3.27. The number of primary sulfonamides is 1. The van der Waals surface area contributed by atoms with E-state index in [-0.39, 0.29) is 29.0 Å². The number of aliphatic hydroxyl groups is 1. The third kappa shape index (κ3) is 5.47. The summed E-state index contributed by atoms with van der Waals surface area (Å²) in [4.78, 5) is 6.82. The fourth-order valence-electron chi connectivity index (χ4n) is 4.27. The molecule has 182 valence electrons. The van der Waals surface area contributed by atoms with Crippen molar-refractivity contribution in [1.29, 1.82) is 0 Å². The zero-order valence-electron chi connectivity index (χ0n) is 18.9. The maximum Gasteiger partial charge on any atom is 0.241 e. The Labute approximate surface area is 198 Å². The van der Waals surface area contributed by atoms with Crippen molar-refractivity contribution in [2.24, 2.45) is 5.14 Å². The number of nitrogens with zero attached hydrogens (tertiary/aromatic N) is 2. The first-order chi connectivity index (χ1) is 16.3. The van der Waals surface area contributed by atoms with Gasteiger partial charge in [0.2, 0.25) is 10.0 Å². The predicted molar refractivity (Wildman–Crippen MR) is 124 cm³/mol. The lowest BCUT2D eigenvalue weighted by Crippen LogP contribution is -2.34. The first kappa shape index (κ1) is 24.3. The monoisotopic (exact) mass is 489 g/mol. The summed E-state index contributed by atoms with van der Waals surface area (Å²) >= 11 is 0. The molecule has 0 radical (unpaired) electrons. The minimum atomic E-state index is -3.87. The Morgan fingerprint density at radius 2 is 1.91 bits per heavy atom. The van der Waals surface area contributed by atoms with Crippen LogP contribution in [0.25, 0.3) is 11.3 Å². The van der Waals surface area contributed by atoms with Gasteiger partial charge in [0.1, 0.15) is 22.2 Å². The van der Waals surface area contributed by atoms with Gasteiger partial charge < -0.3 is 19.2 Å². The molecule has 0 atom stereocenters. The number of hydrogen-bond acceptors (Lipinski definition) is 7. The molecule has 1 aliphatic rings. The van der Waals surface area contributed by atoms with Gasteiger partial charge in [0.15, 0.2) is 11.7 Å². The van der Waals surface area contributed by atoms with Gasteiger partial charge in [-0.15, -0.1) is 0 Å². The Morgan fingerprint density at radius 1 is 1.21 bits per heavy atom. The molecule has 0 aliphatic carbocycles. The minimum Gasteiger partial charge on any atom is -0.495 e. The lowest BCUT2D eigenvalue weighted by Gasteiger charge is -2.30. The molecule has 1 aromatic heterocycles. The van der Waals surface area contributed by atoms with Gasteiger partial charge in [-0.25, -0.2) is 22.9 Å². The number of oxazole rings is 1. The molecule has 0 amide bonds. The summed E-state index contributed by atoms with van der Waals surface area (Å²) in [7, 11) is -2.46. The van der Waals surface area contributed by atoms with Crippen molar-refractivity contribution < 1.29 is 27.1 Å². The van der Waals surface area contributed by atoms with E-state index in [0.717, 1.165) is 38.0 Å². The number of halogens is 1. The summed E-state index contributed by atoms with van der Waals surface area (Å²) in [5.74, 6) is 1.10. The van der Waals surface area contributed by atoms with Crippen molar-refractivity contribution in [3.05, 3.63) is 65.4 Å². The molecule has 1 saturated heterocycles. The van der Waals surface area contributed by atoms with E-state index in [1.54, 1.807) is 24.3 Å². The first-order valence-electron chi connectivity index (χ1n) is 11.1. The topological polar surface area (TPSA) is 119 Å². The van der Waals surface area contributed by atoms with E-state index in [0.29, 0.717) is 29.3 Å². The number of aromatic nitrogens is 1. The lowest BCUT2D eigenvalue weighted by molar-refractivity contribution is 0.202. The zero-order chi connectivity index (χ0) is 24.3. The summed E-state index contributed by atoms with van der Waals surface area (Å²) in [6.07, 6.45) is 2.37. The van der Waals surface area contributed by atoms with Crippen LogP contribution in [0, 0.1) is 5.82 Å². The number of piperidine rings is 1. The SMILES string of the molecule is COc1ccc(CCN2CCC(c3nc(CO)c(-c4ccc(F)cc4)o3)CC2)cc1S(N)(=O)=O. The molecule has 4 rings (SSSR count). The number of sulfonamides is 1. The number of likely N-dealkylation sites (tertiary alicyclic amines) is 1. The summed E-state index contributed by atoms with van der Waals surface area (Å²) in [5.41, 5.74) is 2.00. The van der Waals surface area contributed by atoms with Crippen molar-refractivity contribution >= 4 is 10.0 Å². The highest BCUT2D eigenvalue weighted by molar-refractivity contribution is 7.89. The van der Waals surface area contributed by atoms with Gasteiger partial charge in [-0.2, -0.15) is 0 Å². The fraction of sp³-hybridized carbons (Fsp3) is 0.375. The van der Waals surface area contributed by atoms with Crippen LogP contribution in [0.3, 0.4) is 0 Å². The summed E-state index contributed by atoms with van der Waals surface area (Å²) < 4.78 is 48.0. The van der Waals surface area contributed by atoms with Gasteiger partial charge >= 0.3 is 0 Å². The molecule has 3 aromatic rings. The van der Waals surface area contributed by atoms with Gasteiger partial charge in [0.25, 0.3) is 0 Å². The number of aliphatic hydroxyl groups excluding tert-OH is 1. The molecule has 2 aromatic carbocycles. The van der Waals surface area contributed by atoms with Crippen molar-refractivity contribution in [2.45, 2.75) is 36.7 Å². The predicted octanol–water partition coefficient (Wildman–Crippen LogP) is 3.05. The molecular formula is C24H28FN3O5S. The molecule has 3 N–H and O–H groups in total. The standard InChI is InChI=1S/C24H28FN3O5S/c1-32-21-7-2-16(14-22(21)34(26,30)31)8-11-28-12-9-18(10-13-28)24-27-20(15-29)23(33-24)17-3-5-19(25)6-4-17/h2-7,14,18,29H,8-13,15H2,1H3,(H2,26,30,31). The van der Waals surface area contributed by atoms with E-state index in [2.05, 4.69) is 9.88 Å². The molecule has 0 spiro atoms. The Hall–Kier alpha value is -2.79. The van der Waals surface area contributed by atoms with Crippen LogP contribution in [-0.2, 0) is 23.1 Å². The van der Waals surface area contributed by atoms with Crippen LogP contribution in [0.4, 0.5) is 4.39 Å². The van der Waals surface area contributed by atoms with E-state index in [1.165, 1.54) is 19.2 Å². The molecule has 34 heavy (non-hydrogen) atoms. The van der Waals surface area contributed by atoms with Gasteiger partial charge in [0.05, 0.1) is 13.7 Å². The number of benzene rings is 2. The number of methoxy groups -OCH3 is 1. The van der Waals surface area contributed by atoms with Gasteiger partial charge in [0, 0.05) is 18.0 Å². The number of rotatable bonds is 8. The van der Waals surface area contributed by atoms with Crippen molar-refractivity contribution in [1.82, 2.24) is 9.88 Å². The highest BCUT2D eigenvalue weighted by atomic mass is 32.2. The fourth-order valence-corrected chi connectivity index (χ4v) is 5.02. The van der Waals surface area contributed by atoms with Crippen molar-refractivity contribution in [2.75, 3.05) is 26.7 Å². The second-order valence-corrected chi connectivity index (χ2v) is 9.92. The van der Waals surface area contributed by atoms with Gasteiger partial charge in [-0.3, -0.25) is 0 Å². The molecule has 10 heteroatoms. The van der Waals surface area contributed by atoms with Gasteiger partial charge in [-0.05, 0) is 74.3 Å². The molecule has 0 bridgehead atoms. The quantitative estimate of drug-likeness (QED) is 0.499. The normalized spacial score (nSPS) is 15.5. The molecule has 0 unspecified atom stereocenters. The van der Waals surface area contributed by atoms with E-state index < -0.39 is 10.0 Å². The summed E-state index contributed by atoms with van der Waals surface area (Å²) in [5, 5.41) is 15.0. The summed E-state index contributed by atoms with van der Waals surface area (Å²) in [6, 6.07) is 11.0. The molecular weight excluding hydrogens is 461 g/mol. The smallest absolute Gasteiger partial charge is 0.241 e. The highest BCUT2D eigenvalue weighted by Crippen LogP contribution is 2.33. The molecule has 2 heterocycles. The van der Waals surface area contributed by atoms with Crippen LogP contribution >= 0.6 is 0 Å².